The predicted molar refractivity (Wildman–Crippen MR) is 68.4 cm³/mol. The Bertz CT molecular complexity index is 346. The zero-order chi connectivity index (χ0) is 12.3. The summed E-state index contributed by atoms with van der Waals surface area (Å²) in [5.41, 5.74) is 0.899. The maximum Gasteiger partial charge on any atom is 0.330 e. The topological polar surface area (TPSA) is 39.2 Å². The Labute approximate surface area is 103 Å². The van der Waals surface area contributed by atoms with Gasteiger partial charge >= 0.3 is 5.97 Å². The Morgan fingerprint density at radius 3 is 3.00 bits per heavy atom. The second kappa shape index (κ2) is 8.50. The zero-order valence-corrected chi connectivity index (χ0v) is 10.3. The molecule has 0 aliphatic carbocycles. The first-order chi connectivity index (χ1) is 8.33. The molecule has 0 unspecified atom stereocenters. The van der Waals surface area contributed by atoms with Gasteiger partial charge in [-0.25, -0.2) is 4.79 Å². The summed E-state index contributed by atoms with van der Waals surface area (Å²) in [6, 6.07) is 3.72. The van der Waals surface area contributed by atoms with Crippen LogP contribution in [0.4, 0.5) is 0 Å². The lowest BCUT2D eigenvalue weighted by Gasteiger charge is -2.00. The first kappa shape index (κ1) is 13.4. The van der Waals surface area contributed by atoms with Crippen LogP contribution in [0, 0.1) is 0 Å². The van der Waals surface area contributed by atoms with Crippen LogP contribution in [0.15, 0.2) is 30.6 Å². The molecule has 0 amide bonds. The third-order valence-corrected chi connectivity index (χ3v) is 2.34. The van der Waals surface area contributed by atoms with Gasteiger partial charge in [-0.3, -0.25) is 4.98 Å². The van der Waals surface area contributed by atoms with E-state index in [0.717, 1.165) is 18.4 Å². The van der Waals surface area contributed by atoms with E-state index in [1.165, 1.54) is 18.9 Å². The minimum Gasteiger partial charge on any atom is -0.463 e. The molecule has 3 heteroatoms. The fourth-order valence-corrected chi connectivity index (χ4v) is 1.39. The normalized spacial score (nSPS) is 10.6. The highest BCUT2D eigenvalue weighted by Crippen LogP contribution is 2.01. The van der Waals surface area contributed by atoms with Crippen molar-refractivity contribution in [2.24, 2.45) is 0 Å². The molecule has 0 radical (unpaired) electrons. The number of ether oxygens (including phenoxy) is 1. The average Bonchev–Trinajstić information content (AvgIpc) is 2.37. The van der Waals surface area contributed by atoms with Gasteiger partial charge in [-0.1, -0.05) is 32.3 Å². The van der Waals surface area contributed by atoms with E-state index in [0.29, 0.717) is 6.61 Å². The maximum atomic E-state index is 11.3. The summed E-state index contributed by atoms with van der Waals surface area (Å²) < 4.78 is 5.06. The van der Waals surface area contributed by atoms with Gasteiger partial charge in [0.1, 0.15) is 0 Å². The first-order valence-corrected chi connectivity index (χ1v) is 6.08. The van der Waals surface area contributed by atoms with Crippen molar-refractivity contribution in [3.63, 3.8) is 0 Å². The molecule has 0 aliphatic heterocycles. The summed E-state index contributed by atoms with van der Waals surface area (Å²) in [6.45, 7) is 2.67. The number of pyridine rings is 1. The number of unbranched alkanes of at least 4 members (excludes halogenated alkanes) is 3. The van der Waals surface area contributed by atoms with Gasteiger partial charge in [0, 0.05) is 18.5 Å². The van der Waals surface area contributed by atoms with Crippen molar-refractivity contribution in [1.29, 1.82) is 0 Å². The molecule has 0 N–H and O–H groups in total. The van der Waals surface area contributed by atoms with E-state index < -0.39 is 0 Å². The van der Waals surface area contributed by atoms with E-state index >= 15 is 0 Å². The van der Waals surface area contributed by atoms with Crippen molar-refractivity contribution >= 4 is 12.0 Å². The molecule has 1 heterocycles. The van der Waals surface area contributed by atoms with Gasteiger partial charge in [-0.15, -0.1) is 0 Å². The lowest BCUT2D eigenvalue weighted by molar-refractivity contribution is -0.137. The third-order valence-electron chi connectivity index (χ3n) is 2.34. The highest BCUT2D eigenvalue weighted by molar-refractivity contribution is 5.86. The van der Waals surface area contributed by atoms with E-state index in [1.807, 2.05) is 12.1 Å². The van der Waals surface area contributed by atoms with E-state index in [1.54, 1.807) is 18.5 Å². The summed E-state index contributed by atoms with van der Waals surface area (Å²) in [5, 5.41) is 0. The number of nitrogens with zero attached hydrogens (tertiary/aromatic N) is 1. The Kier molecular flexibility index (Phi) is 6.72. The van der Waals surface area contributed by atoms with E-state index in [2.05, 4.69) is 11.9 Å². The fraction of sp³-hybridized carbons (Fsp3) is 0.429. The van der Waals surface area contributed by atoms with Crippen molar-refractivity contribution in [1.82, 2.24) is 4.98 Å². The van der Waals surface area contributed by atoms with Crippen molar-refractivity contribution in [2.75, 3.05) is 6.61 Å². The minimum absolute atomic E-state index is 0.287. The summed E-state index contributed by atoms with van der Waals surface area (Å²) in [7, 11) is 0. The first-order valence-electron chi connectivity index (χ1n) is 6.08. The van der Waals surface area contributed by atoms with Crippen molar-refractivity contribution < 1.29 is 9.53 Å². The van der Waals surface area contributed by atoms with Crippen LogP contribution in [-0.4, -0.2) is 17.6 Å². The number of carbonyl (C=O) groups is 1. The maximum absolute atomic E-state index is 11.3. The summed E-state index contributed by atoms with van der Waals surface area (Å²) in [6.07, 6.45) is 11.0. The Morgan fingerprint density at radius 2 is 2.29 bits per heavy atom. The lowest BCUT2D eigenvalue weighted by atomic mass is 10.2. The summed E-state index contributed by atoms with van der Waals surface area (Å²) in [5.74, 6) is -0.287. The van der Waals surface area contributed by atoms with Crippen LogP contribution in [0.25, 0.3) is 6.08 Å². The van der Waals surface area contributed by atoms with E-state index in [4.69, 9.17) is 4.74 Å². The number of carbonyl (C=O) groups excluding carboxylic acids is 1. The van der Waals surface area contributed by atoms with Gasteiger partial charge in [0.2, 0.25) is 0 Å². The molecule has 92 valence electrons. The Morgan fingerprint density at radius 1 is 1.41 bits per heavy atom. The molecule has 0 atom stereocenters. The highest BCUT2D eigenvalue weighted by Gasteiger charge is 1.96. The standard InChI is InChI=1S/C14H19NO2/c1-2-3-4-5-11-17-14(16)9-8-13-7-6-10-15-12-13/h6-10,12H,2-5,11H2,1H3/b9-8+. The van der Waals surface area contributed by atoms with Crippen LogP contribution in [0.3, 0.4) is 0 Å². The minimum atomic E-state index is -0.287. The molecule has 1 aromatic rings. The number of rotatable bonds is 7. The van der Waals surface area contributed by atoms with E-state index in [-0.39, 0.29) is 5.97 Å². The van der Waals surface area contributed by atoms with Crippen LogP contribution in [-0.2, 0) is 9.53 Å². The Balaban J connectivity index is 2.19. The van der Waals surface area contributed by atoms with Crippen LogP contribution in [0.2, 0.25) is 0 Å². The molecule has 0 saturated carbocycles. The molecule has 0 spiro atoms. The zero-order valence-electron chi connectivity index (χ0n) is 10.3. The molecular formula is C14H19NO2. The molecule has 17 heavy (non-hydrogen) atoms. The van der Waals surface area contributed by atoms with Gasteiger partial charge in [0.05, 0.1) is 6.61 Å². The summed E-state index contributed by atoms with van der Waals surface area (Å²) >= 11 is 0. The number of hydrogen-bond donors (Lipinski definition) is 0. The van der Waals surface area contributed by atoms with Crippen molar-refractivity contribution in [2.45, 2.75) is 32.6 Å². The fourth-order valence-electron chi connectivity index (χ4n) is 1.39. The van der Waals surface area contributed by atoms with Gasteiger partial charge in [0.15, 0.2) is 0 Å². The van der Waals surface area contributed by atoms with Crippen LogP contribution in [0.1, 0.15) is 38.2 Å². The van der Waals surface area contributed by atoms with Crippen molar-refractivity contribution in [3.8, 4) is 0 Å². The molecule has 0 bridgehead atoms. The molecule has 0 fully saturated rings. The molecule has 0 saturated heterocycles. The third kappa shape index (κ3) is 6.51. The smallest absolute Gasteiger partial charge is 0.330 e. The SMILES string of the molecule is CCCCCCOC(=O)/C=C/c1cccnc1. The van der Waals surface area contributed by atoms with Crippen molar-refractivity contribution in [3.05, 3.63) is 36.2 Å². The number of esters is 1. The molecule has 0 aliphatic rings. The predicted octanol–water partition coefficient (Wildman–Crippen LogP) is 3.22. The lowest BCUT2D eigenvalue weighted by Crippen LogP contribution is -2.02. The quantitative estimate of drug-likeness (QED) is 0.412. The average molecular weight is 233 g/mol. The largest absolute Gasteiger partial charge is 0.463 e. The second-order valence-electron chi connectivity index (χ2n) is 3.85. The van der Waals surface area contributed by atoms with E-state index in [9.17, 15) is 4.79 Å². The molecule has 3 nitrogen and oxygen atoms in total. The van der Waals surface area contributed by atoms with Gasteiger partial charge in [0.25, 0.3) is 0 Å². The van der Waals surface area contributed by atoms with Gasteiger partial charge in [-0.05, 0) is 24.1 Å². The molecule has 1 aromatic heterocycles. The Hall–Kier alpha value is -1.64. The van der Waals surface area contributed by atoms with Gasteiger partial charge in [-0.2, -0.15) is 0 Å². The van der Waals surface area contributed by atoms with Crippen LogP contribution >= 0.6 is 0 Å². The van der Waals surface area contributed by atoms with Crippen LogP contribution < -0.4 is 0 Å². The second-order valence-corrected chi connectivity index (χ2v) is 3.85. The highest BCUT2D eigenvalue weighted by atomic mass is 16.5. The molecular weight excluding hydrogens is 214 g/mol. The monoisotopic (exact) mass is 233 g/mol. The number of aromatic nitrogens is 1. The molecule has 1 rings (SSSR count). The number of hydrogen-bond acceptors (Lipinski definition) is 3. The van der Waals surface area contributed by atoms with Crippen LogP contribution in [0.5, 0.6) is 0 Å². The summed E-state index contributed by atoms with van der Waals surface area (Å²) in [4.78, 5) is 15.3. The van der Waals surface area contributed by atoms with Gasteiger partial charge < -0.3 is 4.74 Å². The molecule has 0 aromatic carbocycles.